The van der Waals surface area contributed by atoms with Gasteiger partial charge in [0.2, 0.25) is 5.91 Å². The molecule has 0 saturated carbocycles. The largest absolute Gasteiger partial charge is 0.495 e. The Morgan fingerprint density at radius 1 is 1.18 bits per heavy atom. The number of amides is 1. The topological polar surface area (TPSA) is 38.3 Å². The molecule has 2 aromatic rings. The van der Waals surface area contributed by atoms with Crippen molar-refractivity contribution in [2.75, 3.05) is 12.4 Å². The van der Waals surface area contributed by atoms with Gasteiger partial charge in [-0.2, -0.15) is 0 Å². The number of aryl methyl sites for hydroxylation is 2. The van der Waals surface area contributed by atoms with Gasteiger partial charge in [-0.3, -0.25) is 4.79 Å². The van der Waals surface area contributed by atoms with Crippen molar-refractivity contribution in [3.63, 3.8) is 0 Å². The lowest BCUT2D eigenvalue weighted by Crippen LogP contribution is -2.22. The number of para-hydroxylation sites is 2. The Morgan fingerprint density at radius 3 is 2.59 bits per heavy atom. The summed E-state index contributed by atoms with van der Waals surface area (Å²) >= 11 is 1.57. The van der Waals surface area contributed by atoms with Crippen LogP contribution in [0.15, 0.2) is 47.4 Å². The van der Waals surface area contributed by atoms with Crippen molar-refractivity contribution in [3.8, 4) is 5.75 Å². The molecule has 22 heavy (non-hydrogen) atoms. The molecule has 2 aromatic carbocycles. The van der Waals surface area contributed by atoms with E-state index in [1.54, 1.807) is 18.9 Å². The van der Waals surface area contributed by atoms with Crippen LogP contribution in [0.3, 0.4) is 0 Å². The normalized spacial score (nSPS) is 11.8. The molecule has 0 heterocycles. The van der Waals surface area contributed by atoms with Crippen LogP contribution < -0.4 is 10.1 Å². The predicted molar refractivity (Wildman–Crippen MR) is 92.9 cm³/mol. The van der Waals surface area contributed by atoms with Gasteiger partial charge in [-0.25, -0.2) is 0 Å². The van der Waals surface area contributed by atoms with E-state index in [0.717, 1.165) is 4.90 Å². The van der Waals surface area contributed by atoms with Crippen LogP contribution >= 0.6 is 11.8 Å². The summed E-state index contributed by atoms with van der Waals surface area (Å²) in [4.78, 5) is 13.5. The Morgan fingerprint density at radius 2 is 1.91 bits per heavy atom. The van der Waals surface area contributed by atoms with E-state index in [4.69, 9.17) is 4.74 Å². The van der Waals surface area contributed by atoms with Crippen LogP contribution in [0.5, 0.6) is 5.75 Å². The van der Waals surface area contributed by atoms with Crippen molar-refractivity contribution in [1.82, 2.24) is 0 Å². The summed E-state index contributed by atoms with van der Waals surface area (Å²) in [5, 5.41) is 2.74. The lowest BCUT2D eigenvalue weighted by molar-refractivity contribution is -0.115. The third-order valence-corrected chi connectivity index (χ3v) is 4.65. The van der Waals surface area contributed by atoms with Crippen LogP contribution in [-0.2, 0) is 4.79 Å². The molecule has 0 spiro atoms. The number of hydrogen-bond donors (Lipinski definition) is 1. The molecule has 4 heteroatoms. The summed E-state index contributed by atoms with van der Waals surface area (Å²) in [6.07, 6.45) is 0. The quantitative estimate of drug-likeness (QED) is 0.829. The molecule has 2 rings (SSSR count). The van der Waals surface area contributed by atoms with E-state index in [1.807, 2.05) is 31.2 Å². The molecule has 0 aliphatic carbocycles. The Hall–Kier alpha value is -1.94. The number of carbonyl (C=O) groups is 1. The number of carbonyl (C=O) groups excluding carboxylic acids is 1. The van der Waals surface area contributed by atoms with Gasteiger partial charge in [0, 0.05) is 4.90 Å². The zero-order valence-electron chi connectivity index (χ0n) is 13.3. The molecule has 0 aromatic heterocycles. The highest BCUT2D eigenvalue weighted by Gasteiger charge is 2.17. The minimum absolute atomic E-state index is 0.0329. The van der Waals surface area contributed by atoms with Gasteiger partial charge in [-0.05, 0) is 44.5 Å². The second-order valence-electron chi connectivity index (χ2n) is 5.22. The summed E-state index contributed by atoms with van der Waals surface area (Å²) in [7, 11) is 1.60. The number of methoxy groups -OCH3 is 1. The number of rotatable bonds is 5. The first-order valence-corrected chi connectivity index (χ1v) is 8.07. The zero-order chi connectivity index (χ0) is 16.1. The standard InChI is InChI=1S/C18H21NO2S/c1-12-9-10-17(13(2)11-12)22-14(3)18(20)19-15-7-5-6-8-16(15)21-4/h5-11,14H,1-4H3,(H,19,20). The summed E-state index contributed by atoms with van der Waals surface area (Å²) in [6, 6.07) is 13.7. The van der Waals surface area contributed by atoms with Crippen molar-refractivity contribution in [2.45, 2.75) is 30.9 Å². The molecule has 0 aliphatic heterocycles. The van der Waals surface area contributed by atoms with Gasteiger partial charge in [0.25, 0.3) is 0 Å². The fourth-order valence-corrected chi connectivity index (χ4v) is 3.10. The molecule has 116 valence electrons. The molecule has 1 N–H and O–H groups in total. The van der Waals surface area contributed by atoms with Crippen molar-refractivity contribution in [2.24, 2.45) is 0 Å². The zero-order valence-corrected chi connectivity index (χ0v) is 14.2. The molecular weight excluding hydrogens is 294 g/mol. The van der Waals surface area contributed by atoms with Gasteiger partial charge in [0.15, 0.2) is 0 Å². The number of anilines is 1. The van der Waals surface area contributed by atoms with Crippen molar-refractivity contribution in [3.05, 3.63) is 53.6 Å². The summed E-state index contributed by atoms with van der Waals surface area (Å²) < 4.78 is 5.25. The van der Waals surface area contributed by atoms with E-state index in [0.29, 0.717) is 11.4 Å². The van der Waals surface area contributed by atoms with E-state index < -0.39 is 0 Å². The second kappa shape index (κ2) is 7.36. The van der Waals surface area contributed by atoms with Crippen molar-refractivity contribution in [1.29, 1.82) is 0 Å². The summed E-state index contributed by atoms with van der Waals surface area (Å²) in [5.74, 6) is 0.633. The fourth-order valence-electron chi connectivity index (χ4n) is 2.16. The van der Waals surface area contributed by atoms with Gasteiger partial charge in [-0.15, -0.1) is 11.8 Å². The number of hydrogen-bond acceptors (Lipinski definition) is 3. The second-order valence-corrected chi connectivity index (χ2v) is 6.60. The maximum Gasteiger partial charge on any atom is 0.237 e. The smallest absolute Gasteiger partial charge is 0.237 e. The third-order valence-electron chi connectivity index (χ3n) is 3.37. The molecule has 0 fully saturated rings. The highest BCUT2D eigenvalue weighted by Crippen LogP contribution is 2.29. The van der Waals surface area contributed by atoms with Crippen LogP contribution in [0, 0.1) is 13.8 Å². The van der Waals surface area contributed by atoms with E-state index in [2.05, 4.69) is 37.4 Å². The van der Waals surface area contributed by atoms with Crippen LogP contribution in [-0.4, -0.2) is 18.3 Å². The lowest BCUT2D eigenvalue weighted by atomic mass is 10.2. The van der Waals surface area contributed by atoms with Gasteiger partial charge in [0.1, 0.15) is 5.75 Å². The minimum Gasteiger partial charge on any atom is -0.495 e. The van der Waals surface area contributed by atoms with Gasteiger partial charge >= 0.3 is 0 Å². The maximum atomic E-state index is 12.4. The first-order chi connectivity index (χ1) is 10.5. The maximum absolute atomic E-state index is 12.4. The highest BCUT2D eigenvalue weighted by atomic mass is 32.2. The molecule has 1 amide bonds. The SMILES string of the molecule is COc1ccccc1NC(=O)C(C)Sc1ccc(C)cc1C. The molecule has 1 atom stereocenters. The fraction of sp³-hybridized carbons (Fsp3) is 0.278. The molecular formula is C18H21NO2S. The van der Waals surface area contributed by atoms with E-state index in [-0.39, 0.29) is 11.2 Å². The molecule has 1 unspecified atom stereocenters. The number of ether oxygens (including phenoxy) is 1. The van der Waals surface area contributed by atoms with Gasteiger partial charge < -0.3 is 10.1 Å². The van der Waals surface area contributed by atoms with Crippen LogP contribution in [0.25, 0.3) is 0 Å². The van der Waals surface area contributed by atoms with Crippen LogP contribution in [0.1, 0.15) is 18.1 Å². The van der Waals surface area contributed by atoms with E-state index in [9.17, 15) is 4.79 Å². The number of nitrogens with one attached hydrogen (secondary N) is 1. The molecule has 0 aliphatic rings. The Labute approximate surface area is 136 Å². The van der Waals surface area contributed by atoms with Crippen LogP contribution in [0.4, 0.5) is 5.69 Å². The number of thioether (sulfide) groups is 1. The third kappa shape index (κ3) is 4.04. The van der Waals surface area contributed by atoms with Gasteiger partial charge in [0.05, 0.1) is 18.0 Å². The average molecular weight is 315 g/mol. The lowest BCUT2D eigenvalue weighted by Gasteiger charge is -2.15. The Balaban J connectivity index is 2.06. The minimum atomic E-state index is -0.189. The molecule has 0 bridgehead atoms. The van der Waals surface area contributed by atoms with E-state index >= 15 is 0 Å². The molecule has 3 nitrogen and oxygen atoms in total. The van der Waals surface area contributed by atoms with Crippen molar-refractivity contribution >= 4 is 23.4 Å². The number of benzene rings is 2. The highest BCUT2D eigenvalue weighted by molar-refractivity contribution is 8.00. The van der Waals surface area contributed by atoms with Crippen molar-refractivity contribution < 1.29 is 9.53 Å². The summed E-state index contributed by atoms with van der Waals surface area (Å²) in [5.41, 5.74) is 3.12. The first kappa shape index (κ1) is 16.4. The monoisotopic (exact) mass is 315 g/mol. The van der Waals surface area contributed by atoms with Gasteiger partial charge in [-0.1, -0.05) is 29.8 Å². The predicted octanol–water partition coefficient (Wildman–Crippen LogP) is 4.43. The molecule has 0 radical (unpaired) electrons. The van der Waals surface area contributed by atoms with Crippen LogP contribution in [0.2, 0.25) is 0 Å². The Kier molecular flexibility index (Phi) is 5.50. The molecule has 0 saturated heterocycles. The average Bonchev–Trinajstić information content (AvgIpc) is 2.50. The first-order valence-electron chi connectivity index (χ1n) is 7.19. The summed E-state index contributed by atoms with van der Waals surface area (Å²) in [6.45, 7) is 6.05. The van der Waals surface area contributed by atoms with E-state index in [1.165, 1.54) is 11.1 Å². The Bertz CT molecular complexity index is 670.